The van der Waals surface area contributed by atoms with Crippen LogP contribution < -0.4 is 10.5 Å². The molecule has 9 nitrogen and oxygen atoms in total. The number of aromatic nitrogens is 6. The second-order valence-electron chi connectivity index (χ2n) is 5.68. The molecule has 0 unspecified atom stereocenters. The molecule has 0 bridgehead atoms. The molecule has 0 aromatic carbocycles. The minimum atomic E-state index is -4.95. The van der Waals surface area contributed by atoms with Crippen molar-refractivity contribution in [3.8, 4) is 17.3 Å². The third kappa shape index (κ3) is 6.25. The first-order chi connectivity index (χ1) is 14.1. The van der Waals surface area contributed by atoms with Crippen LogP contribution >= 0.6 is 12.4 Å². The van der Waals surface area contributed by atoms with Gasteiger partial charge in [0, 0.05) is 12.4 Å². The zero-order chi connectivity index (χ0) is 22.5. The maximum Gasteiger partial charge on any atom is 0.426 e. The third-order valence-electron chi connectivity index (χ3n) is 3.66. The van der Waals surface area contributed by atoms with Crippen LogP contribution in [-0.4, -0.2) is 42.8 Å². The van der Waals surface area contributed by atoms with E-state index in [4.69, 9.17) is 11.1 Å². The summed E-state index contributed by atoms with van der Waals surface area (Å²) in [6, 6.07) is 0. The summed E-state index contributed by atoms with van der Waals surface area (Å²) in [5.74, 6) is -2.85. The molecule has 0 aliphatic heterocycles. The number of hydrogen-bond donors (Lipinski definition) is 2. The summed E-state index contributed by atoms with van der Waals surface area (Å²) in [4.78, 5) is 21.9. The molecule has 3 aromatic rings. The van der Waals surface area contributed by atoms with E-state index < -0.39 is 23.6 Å². The average Bonchev–Trinajstić information content (AvgIpc) is 2.67. The van der Waals surface area contributed by atoms with Crippen molar-refractivity contribution in [3.05, 3.63) is 53.5 Å². The van der Waals surface area contributed by atoms with Crippen LogP contribution in [0.2, 0.25) is 0 Å². The number of amidine groups is 1. The summed E-state index contributed by atoms with van der Waals surface area (Å²) >= 11 is 0. The van der Waals surface area contributed by atoms with Gasteiger partial charge in [-0.15, -0.1) is 12.4 Å². The van der Waals surface area contributed by atoms with Gasteiger partial charge in [-0.25, -0.2) is 19.9 Å². The lowest BCUT2D eigenvalue weighted by Gasteiger charge is -2.12. The maximum absolute atomic E-state index is 13.6. The van der Waals surface area contributed by atoms with E-state index in [2.05, 4.69) is 34.6 Å². The van der Waals surface area contributed by atoms with Crippen LogP contribution in [0.25, 0.3) is 11.4 Å². The van der Waals surface area contributed by atoms with E-state index in [1.54, 1.807) is 13.8 Å². The molecule has 0 fully saturated rings. The molecular formula is C17H17ClF4N8O. The molecule has 0 atom stereocenters. The number of alkyl halides is 3. The van der Waals surface area contributed by atoms with Gasteiger partial charge in [0.05, 0.1) is 29.6 Å². The van der Waals surface area contributed by atoms with Crippen LogP contribution in [-0.2, 0) is 6.18 Å². The van der Waals surface area contributed by atoms with E-state index in [1.165, 1.54) is 25.0 Å². The third-order valence-corrected chi connectivity index (χ3v) is 3.66. The fourth-order valence-electron chi connectivity index (χ4n) is 2.19. The van der Waals surface area contributed by atoms with Gasteiger partial charge in [-0.3, -0.25) is 5.41 Å². The van der Waals surface area contributed by atoms with Crippen molar-refractivity contribution in [1.29, 1.82) is 5.41 Å². The Morgan fingerprint density at radius 3 is 2.06 bits per heavy atom. The van der Waals surface area contributed by atoms with Gasteiger partial charge in [0.2, 0.25) is 11.8 Å². The Bertz CT molecular complexity index is 1060. The predicted octanol–water partition coefficient (Wildman–Crippen LogP) is 2.90. The highest BCUT2D eigenvalue weighted by Gasteiger charge is 2.40. The Morgan fingerprint density at radius 2 is 1.61 bits per heavy atom. The van der Waals surface area contributed by atoms with Crippen molar-refractivity contribution < 1.29 is 22.3 Å². The lowest BCUT2D eigenvalue weighted by molar-refractivity contribution is -0.142. The van der Waals surface area contributed by atoms with Crippen LogP contribution in [0.15, 0.2) is 25.0 Å². The van der Waals surface area contributed by atoms with Gasteiger partial charge in [0.25, 0.3) is 0 Å². The van der Waals surface area contributed by atoms with E-state index in [9.17, 15) is 17.6 Å². The maximum atomic E-state index is 13.6. The van der Waals surface area contributed by atoms with Crippen LogP contribution in [0, 0.1) is 25.2 Å². The molecule has 3 N–H and O–H groups in total. The van der Waals surface area contributed by atoms with Crippen LogP contribution in [0.5, 0.6) is 5.88 Å². The Kier molecular flexibility index (Phi) is 8.67. The van der Waals surface area contributed by atoms with E-state index in [1.807, 2.05) is 0 Å². The number of nitrogens with zero attached hydrogens (tertiary/aromatic N) is 6. The van der Waals surface area contributed by atoms with Crippen molar-refractivity contribution >= 4 is 18.2 Å². The summed E-state index contributed by atoms with van der Waals surface area (Å²) in [5, 5.41) is 7.07. The lowest BCUT2D eigenvalue weighted by Crippen LogP contribution is -2.14. The van der Waals surface area contributed by atoms with E-state index in [0.29, 0.717) is 11.3 Å². The Hall–Kier alpha value is -3.48. The minimum absolute atomic E-state index is 0. The SMILES string of the molecule is COc1nc(-c2cncnc2C)nc(F)c1C(F)(F)F.Cc1ncncc1C(=N)N.Cl. The van der Waals surface area contributed by atoms with Crippen molar-refractivity contribution in [2.45, 2.75) is 20.0 Å². The first-order valence-corrected chi connectivity index (χ1v) is 8.13. The number of rotatable bonds is 3. The molecule has 0 saturated heterocycles. The topological polar surface area (TPSA) is 136 Å². The first-order valence-electron chi connectivity index (χ1n) is 8.13. The number of nitrogens with one attached hydrogen (secondary N) is 1. The molecule has 31 heavy (non-hydrogen) atoms. The van der Waals surface area contributed by atoms with Crippen molar-refractivity contribution in [3.63, 3.8) is 0 Å². The zero-order valence-corrected chi connectivity index (χ0v) is 17.2. The molecule has 0 spiro atoms. The molecule has 3 rings (SSSR count). The Morgan fingerprint density at radius 1 is 1.03 bits per heavy atom. The van der Waals surface area contributed by atoms with E-state index >= 15 is 0 Å². The summed E-state index contributed by atoms with van der Waals surface area (Å²) < 4.78 is 56.2. The molecular weight excluding hydrogens is 444 g/mol. The monoisotopic (exact) mass is 460 g/mol. The molecule has 0 saturated carbocycles. The normalized spacial score (nSPS) is 10.4. The van der Waals surface area contributed by atoms with E-state index in [-0.39, 0.29) is 29.6 Å². The molecule has 0 amide bonds. The number of methoxy groups -OCH3 is 1. The highest BCUT2D eigenvalue weighted by Crippen LogP contribution is 2.37. The summed E-state index contributed by atoms with van der Waals surface area (Å²) in [7, 11) is 0.967. The minimum Gasteiger partial charge on any atom is -0.480 e. The van der Waals surface area contributed by atoms with Gasteiger partial charge in [0.1, 0.15) is 18.5 Å². The molecule has 0 aliphatic rings. The van der Waals surface area contributed by atoms with Gasteiger partial charge in [0.15, 0.2) is 11.4 Å². The first kappa shape index (κ1) is 25.6. The molecule has 0 aliphatic carbocycles. The number of aryl methyl sites for hydroxylation is 2. The lowest BCUT2D eigenvalue weighted by atomic mass is 10.2. The number of halogens is 5. The summed E-state index contributed by atoms with van der Waals surface area (Å²) in [6.45, 7) is 3.36. The molecule has 3 heterocycles. The van der Waals surface area contributed by atoms with Crippen LogP contribution in [0.1, 0.15) is 22.5 Å². The van der Waals surface area contributed by atoms with Gasteiger partial charge in [-0.05, 0) is 13.8 Å². The smallest absolute Gasteiger partial charge is 0.426 e. The fraction of sp³-hybridized carbons (Fsp3) is 0.235. The highest BCUT2D eigenvalue weighted by molar-refractivity contribution is 5.95. The molecule has 0 radical (unpaired) electrons. The number of ether oxygens (including phenoxy) is 1. The highest BCUT2D eigenvalue weighted by atomic mass is 35.5. The molecule has 14 heteroatoms. The number of nitrogen functional groups attached to an aromatic ring is 1. The summed E-state index contributed by atoms with van der Waals surface area (Å²) in [5.41, 5.74) is 5.54. The standard InChI is InChI=1S/C11H8F4N4O.C6H8N4.ClH/c1-5-6(3-16-4-17-5)9-18-8(12)7(11(13,14)15)10(19-9)20-2;1-4-5(6(7)8)2-9-3-10-4;/h3-4H,1-2H3;2-3H,1H3,(H3,7,8);1H. The van der Waals surface area contributed by atoms with Crippen molar-refractivity contribution in [2.24, 2.45) is 5.73 Å². The van der Waals surface area contributed by atoms with Crippen molar-refractivity contribution in [1.82, 2.24) is 29.9 Å². The Balaban J connectivity index is 0.000000370. The fourth-order valence-corrected chi connectivity index (χ4v) is 2.19. The quantitative estimate of drug-likeness (QED) is 0.263. The second-order valence-corrected chi connectivity index (χ2v) is 5.68. The second kappa shape index (κ2) is 10.5. The predicted molar refractivity (Wildman–Crippen MR) is 104 cm³/mol. The zero-order valence-electron chi connectivity index (χ0n) is 16.4. The van der Waals surface area contributed by atoms with Gasteiger partial charge < -0.3 is 10.5 Å². The largest absolute Gasteiger partial charge is 0.480 e. The van der Waals surface area contributed by atoms with Crippen molar-refractivity contribution in [2.75, 3.05) is 7.11 Å². The van der Waals surface area contributed by atoms with Gasteiger partial charge >= 0.3 is 6.18 Å². The summed E-state index contributed by atoms with van der Waals surface area (Å²) in [6.07, 6.45) is 0.545. The average molecular weight is 461 g/mol. The number of nitrogens with two attached hydrogens (primary N) is 1. The van der Waals surface area contributed by atoms with Gasteiger partial charge in [-0.1, -0.05) is 0 Å². The van der Waals surface area contributed by atoms with Crippen LogP contribution in [0.3, 0.4) is 0 Å². The van der Waals surface area contributed by atoms with Gasteiger partial charge in [-0.2, -0.15) is 27.5 Å². The van der Waals surface area contributed by atoms with Crippen LogP contribution in [0.4, 0.5) is 17.6 Å². The Labute approximate surface area is 180 Å². The molecule has 166 valence electrons. The molecule has 3 aromatic heterocycles. The number of hydrogen-bond acceptors (Lipinski definition) is 8. The van der Waals surface area contributed by atoms with E-state index in [0.717, 1.165) is 12.8 Å².